The number of nitrogens with one attached hydrogen (secondary N) is 1. The van der Waals surface area contributed by atoms with Crippen molar-refractivity contribution in [3.05, 3.63) is 33.6 Å². The summed E-state index contributed by atoms with van der Waals surface area (Å²) in [7, 11) is -4.06. The van der Waals surface area contributed by atoms with Crippen molar-refractivity contribution in [2.75, 3.05) is 6.61 Å². The number of rotatable bonds is 6. The topological polar surface area (TPSA) is 110 Å². The van der Waals surface area contributed by atoms with Crippen molar-refractivity contribution in [2.45, 2.75) is 31.2 Å². The van der Waals surface area contributed by atoms with Gasteiger partial charge in [-0.2, -0.15) is 4.39 Å². The van der Waals surface area contributed by atoms with Gasteiger partial charge in [0, 0.05) is 12.1 Å². The molecule has 0 aliphatic rings. The summed E-state index contributed by atoms with van der Waals surface area (Å²) in [6.45, 7) is 2.50. The van der Waals surface area contributed by atoms with Crippen LogP contribution in [0.25, 0.3) is 0 Å². The Hall–Kier alpha value is -1.58. The lowest BCUT2D eigenvalue weighted by Crippen LogP contribution is -2.37. The molecule has 1 aromatic carbocycles. The van der Waals surface area contributed by atoms with Crippen LogP contribution in [0.3, 0.4) is 0 Å². The first-order valence-corrected chi connectivity index (χ1v) is 7.29. The highest BCUT2D eigenvalue weighted by Gasteiger charge is 2.25. The minimum Gasteiger partial charge on any atom is -0.395 e. The van der Waals surface area contributed by atoms with Crippen molar-refractivity contribution in [1.82, 2.24) is 4.72 Å². The molecule has 9 heteroatoms. The molecule has 20 heavy (non-hydrogen) atoms. The molecule has 0 saturated carbocycles. The summed E-state index contributed by atoms with van der Waals surface area (Å²) in [5.41, 5.74) is -1.04. The first-order chi connectivity index (χ1) is 9.22. The summed E-state index contributed by atoms with van der Waals surface area (Å²) in [5.74, 6) is -1.07. The highest BCUT2D eigenvalue weighted by molar-refractivity contribution is 7.89. The van der Waals surface area contributed by atoms with Crippen LogP contribution in [0, 0.1) is 22.9 Å². The van der Waals surface area contributed by atoms with Crippen LogP contribution >= 0.6 is 0 Å². The zero-order valence-corrected chi connectivity index (χ0v) is 11.8. The molecule has 1 unspecified atom stereocenters. The molecule has 0 aliphatic heterocycles. The quantitative estimate of drug-likeness (QED) is 0.604. The molecule has 0 fully saturated rings. The number of nitro benzene ring substituents is 1. The number of aryl methyl sites for hydroxylation is 1. The normalized spacial score (nSPS) is 13.2. The van der Waals surface area contributed by atoms with Crippen molar-refractivity contribution >= 4 is 15.7 Å². The van der Waals surface area contributed by atoms with Gasteiger partial charge in [-0.1, -0.05) is 6.92 Å². The van der Waals surface area contributed by atoms with E-state index in [0.717, 1.165) is 6.07 Å². The van der Waals surface area contributed by atoms with Crippen LogP contribution in [0.15, 0.2) is 17.0 Å². The van der Waals surface area contributed by atoms with Crippen LogP contribution in [0.5, 0.6) is 0 Å². The molecule has 0 bridgehead atoms. The van der Waals surface area contributed by atoms with Gasteiger partial charge in [-0.25, -0.2) is 13.1 Å². The SMILES string of the molecule is CCC(CO)NS(=O)(=O)c1cc(C)c(F)c([N+](=O)[O-])c1. The van der Waals surface area contributed by atoms with E-state index < -0.39 is 44.0 Å². The lowest BCUT2D eigenvalue weighted by atomic mass is 10.2. The predicted molar refractivity (Wildman–Crippen MR) is 69.3 cm³/mol. The Bertz CT molecular complexity index is 613. The maximum absolute atomic E-state index is 13.5. The molecule has 0 aromatic heterocycles. The van der Waals surface area contributed by atoms with E-state index in [2.05, 4.69) is 4.72 Å². The van der Waals surface area contributed by atoms with Crippen molar-refractivity contribution < 1.29 is 22.8 Å². The van der Waals surface area contributed by atoms with E-state index in [9.17, 15) is 22.9 Å². The molecule has 0 spiro atoms. The maximum Gasteiger partial charge on any atom is 0.306 e. The Balaban J connectivity index is 3.29. The van der Waals surface area contributed by atoms with E-state index in [1.165, 1.54) is 6.92 Å². The molecule has 0 saturated heterocycles. The van der Waals surface area contributed by atoms with Crippen LogP contribution in [0.2, 0.25) is 0 Å². The predicted octanol–water partition coefficient (Wildman–Crippen LogP) is 1.09. The summed E-state index contributed by atoms with van der Waals surface area (Å²) in [4.78, 5) is 9.31. The van der Waals surface area contributed by atoms with Crippen molar-refractivity contribution in [2.24, 2.45) is 0 Å². The van der Waals surface area contributed by atoms with Gasteiger partial charge in [-0.05, 0) is 25.0 Å². The van der Waals surface area contributed by atoms with E-state index in [1.807, 2.05) is 0 Å². The average molecular weight is 306 g/mol. The standard InChI is InChI=1S/C11H15FN2O5S/c1-3-8(6-15)13-20(18,19)9-4-7(2)11(12)10(5-9)14(16)17/h4-5,8,13,15H,3,6H2,1-2H3. The Labute approximate surface area is 115 Å². The van der Waals surface area contributed by atoms with Crippen LogP contribution in [-0.2, 0) is 10.0 Å². The van der Waals surface area contributed by atoms with Gasteiger partial charge in [0.1, 0.15) is 0 Å². The van der Waals surface area contributed by atoms with E-state index in [1.54, 1.807) is 6.92 Å². The minimum absolute atomic E-state index is 0.142. The van der Waals surface area contributed by atoms with E-state index in [-0.39, 0.29) is 5.56 Å². The van der Waals surface area contributed by atoms with Gasteiger partial charge in [0.25, 0.3) is 0 Å². The number of sulfonamides is 1. The Morgan fingerprint density at radius 2 is 2.10 bits per heavy atom. The van der Waals surface area contributed by atoms with E-state index in [0.29, 0.717) is 12.5 Å². The number of nitrogens with zero attached hydrogens (tertiary/aromatic N) is 1. The molecule has 0 aliphatic carbocycles. The van der Waals surface area contributed by atoms with Gasteiger partial charge in [-0.15, -0.1) is 0 Å². The highest BCUT2D eigenvalue weighted by Crippen LogP contribution is 2.25. The number of hydrogen-bond acceptors (Lipinski definition) is 5. The molecule has 7 nitrogen and oxygen atoms in total. The van der Waals surface area contributed by atoms with Gasteiger partial charge in [0.15, 0.2) is 0 Å². The second-order valence-electron chi connectivity index (χ2n) is 4.24. The number of nitro groups is 1. The average Bonchev–Trinajstić information content (AvgIpc) is 2.38. The Morgan fingerprint density at radius 1 is 1.50 bits per heavy atom. The van der Waals surface area contributed by atoms with E-state index >= 15 is 0 Å². The third kappa shape index (κ3) is 3.50. The fourth-order valence-corrected chi connectivity index (χ4v) is 2.96. The Kier molecular flexibility index (Phi) is 5.15. The third-order valence-electron chi connectivity index (χ3n) is 2.75. The second-order valence-corrected chi connectivity index (χ2v) is 5.95. The minimum atomic E-state index is -4.06. The Morgan fingerprint density at radius 3 is 2.55 bits per heavy atom. The van der Waals surface area contributed by atoms with Gasteiger partial charge in [0.05, 0.1) is 16.4 Å². The van der Waals surface area contributed by atoms with Gasteiger partial charge in [-0.3, -0.25) is 10.1 Å². The number of halogens is 1. The fraction of sp³-hybridized carbons (Fsp3) is 0.455. The van der Waals surface area contributed by atoms with Crippen molar-refractivity contribution in [1.29, 1.82) is 0 Å². The molecular weight excluding hydrogens is 291 g/mol. The molecule has 1 rings (SSSR count). The van der Waals surface area contributed by atoms with Crippen LogP contribution in [0.1, 0.15) is 18.9 Å². The maximum atomic E-state index is 13.5. The first kappa shape index (κ1) is 16.5. The zero-order valence-electron chi connectivity index (χ0n) is 11.0. The van der Waals surface area contributed by atoms with Crippen LogP contribution in [-0.4, -0.2) is 31.1 Å². The smallest absolute Gasteiger partial charge is 0.306 e. The van der Waals surface area contributed by atoms with Crippen molar-refractivity contribution in [3.63, 3.8) is 0 Å². The molecule has 0 heterocycles. The molecule has 1 atom stereocenters. The molecular formula is C11H15FN2O5S. The summed E-state index contributed by atoms with van der Waals surface area (Å²) in [6, 6.07) is 0.966. The fourth-order valence-electron chi connectivity index (χ4n) is 1.54. The van der Waals surface area contributed by atoms with Crippen LogP contribution in [0.4, 0.5) is 10.1 Å². The molecule has 0 radical (unpaired) electrons. The summed E-state index contributed by atoms with van der Waals surface area (Å²) < 4.78 is 39.8. The summed E-state index contributed by atoms with van der Waals surface area (Å²) in [5, 5.41) is 19.7. The highest BCUT2D eigenvalue weighted by atomic mass is 32.2. The molecule has 2 N–H and O–H groups in total. The second kappa shape index (κ2) is 6.25. The first-order valence-electron chi connectivity index (χ1n) is 5.80. The summed E-state index contributed by atoms with van der Waals surface area (Å²) >= 11 is 0. The van der Waals surface area contributed by atoms with E-state index in [4.69, 9.17) is 5.11 Å². The number of hydrogen-bond donors (Lipinski definition) is 2. The largest absolute Gasteiger partial charge is 0.395 e. The van der Waals surface area contributed by atoms with Gasteiger partial charge in [0.2, 0.25) is 15.8 Å². The van der Waals surface area contributed by atoms with Crippen molar-refractivity contribution in [3.8, 4) is 0 Å². The van der Waals surface area contributed by atoms with Crippen LogP contribution < -0.4 is 4.72 Å². The summed E-state index contributed by atoms with van der Waals surface area (Å²) in [6.07, 6.45) is 0.345. The lowest BCUT2D eigenvalue weighted by Gasteiger charge is -2.14. The number of benzene rings is 1. The molecule has 112 valence electrons. The third-order valence-corrected chi connectivity index (χ3v) is 4.25. The molecule has 1 aromatic rings. The van der Waals surface area contributed by atoms with Gasteiger partial charge < -0.3 is 5.11 Å². The zero-order chi connectivity index (χ0) is 15.5. The monoisotopic (exact) mass is 306 g/mol. The number of aliphatic hydroxyl groups is 1. The molecule has 0 amide bonds. The number of aliphatic hydroxyl groups excluding tert-OH is 1. The van der Waals surface area contributed by atoms with Gasteiger partial charge >= 0.3 is 5.69 Å². The lowest BCUT2D eigenvalue weighted by molar-refractivity contribution is -0.387.